The number of hydrogen-bond acceptors (Lipinski definition) is 6. The van der Waals surface area contributed by atoms with Crippen molar-refractivity contribution >= 4 is 21.9 Å². The largest absolute Gasteiger partial charge is 0.468 e. The van der Waals surface area contributed by atoms with Gasteiger partial charge in [0, 0.05) is 0 Å². The fraction of sp³-hybridized carbons (Fsp3) is 0.417. The Morgan fingerprint density at radius 1 is 0.938 bits per heavy atom. The molecule has 0 bridgehead atoms. The highest BCUT2D eigenvalue weighted by Crippen LogP contribution is 2.23. The van der Waals surface area contributed by atoms with Gasteiger partial charge in [-0.3, -0.25) is 4.79 Å². The number of carbonyl (C=O) groups is 2. The van der Waals surface area contributed by atoms with Crippen LogP contribution in [0.5, 0.6) is 0 Å². The summed E-state index contributed by atoms with van der Waals surface area (Å²) < 4.78 is 36.8. The Balaban J connectivity index is 2.25. The topological polar surface area (TPSA) is 98.8 Å². The Kier molecular flexibility index (Phi) is 10.2. The van der Waals surface area contributed by atoms with E-state index in [2.05, 4.69) is 12.2 Å². The number of hydrogen-bond donors (Lipinski definition) is 1. The molecule has 1 amide bonds. The molecule has 0 aliphatic heterocycles. The smallest absolute Gasteiger partial charge is 0.407 e. The van der Waals surface area contributed by atoms with Crippen molar-refractivity contribution < 1.29 is 27.5 Å². The fourth-order valence-corrected chi connectivity index (χ4v) is 5.20. The Hall–Kier alpha value is -2.87. The van der Waals surface area contributed by atoms with Crippen molar-refractivity contribution in [1.82, 2.24) is 5.32 Å². The van der Waals surface area contributed by atoms with Gasteiger partial charge in [-0.2, -0.15) is 0 Å². The van der Waals surface area contributed by atoms with E-state index in [1.807, 2.05) is 30.3 Å². The van der Waals surface area contributed by atoms with E-state index < -0.39 is 33.2 Å². The molecule has 1 unspecified atom stereocenters. The lowest BCUT2D eigenvalue weighted by Gasteiger charge is -2.26. The Bertz CT molecular complexity index is 947. The van der Waals surface area contributed by atoms with Crippen LogP contribution in [0.25, 0.3) is 0 Å². The number of sulfone groups is 1. The maximum Gasteiger partial charge on any atom is 0.407 e. The molecule has 2 atom stereocenters. The highest BCUT2D eigenvalue weighted by atomic mass is 32.2. The van der Waals surface area contributed by atoms with Gasteiger partial charge in [0.1, 0.15) is 6.61 Å². The standard InChI is InChI=1S/C24H31NO6S/c1-3-4-5-12-17-21(25-24(27)31-18-19-13-8-6-9-14-19)22(23(26)30-2)32(28,29)20-15-10-7-11-16-20/h6-11,13-16,21-22H,3-5,12,17-18H2,1-2H3,(H,25,27)/t21-,22?/m0/s1. The number of carbonyl (C=O) groups excluding carboxylic acids is 2. The lowest BCUT2D eigenvalue weighted by atomic mass is 10.0. The summed E-state index contributed by atoms with van der Waals surface area (Å²) in [4.78, 5) is 25.1. The zero-order valence-corrected chi connectivity index (χ0v) is 19.3. The molecule has 0 heterocycles. The van der Waals surface area contributed by atoms with Crippen LogP contribution in [0, 0.1) is 0 Å². The second kappa shape index (κ2) is 12.9. The third kappa shape index (κ3) is 7.37. The summed E-state index contributed by atoms with van der Waals surface area (Å²) in [6.07, 6.45) is 2.99. The number of methoxy groups -OCH3 is 1. The van der Waals surface area contributed by atoms with Gasteiger partial charge in [0.05, 0.1) is 18.0 Å². The molecule has 2 aromatic rings. The van der Waals surface area contributed by atoms with Crippen LogP contribution in [-0.2, 0) is 30.7 Å². The third-order valence-electron chi connectivity index (χ3n) is 5.09. The first-order chi connectivity index (χ1) is 15.4. The zero-order chi connectivity index (χ0) is 23.4. The first-order valence-corrected chi connectivity index (χ1v) is 12.3. The first kappa shape index (κ1) is 25.4. The van der Waals surface area contributed by atoms with Crippen molar-refractivity contribution in [3.8, 4) is 0 Å². The van der Waals surface area contributed by atoms with Gasteiger partial charge in [-0.15, -0.1) is 0 Å². The van der Waals surface area contributed by atoms with Gasteiger partial charge in [-0.05, 0) is 24.1 Å². The summed E-state index contributed by atoms with van der Waals surface area (Å²) in [5.41, 5.74) is 0.795. The maximum absolute atomic E-state index is 13.3. The van der Waals surface area contributed by atoms with Gasteiger partial charge in [-0.1, -0.05) is 81.1 Å². The minimum atomic E-state index is -4.11. The second-order valence-corrected chi connectivity index (χ2v) is 9.53. The number of nitrogens with one attached hydrogen (secondary N) is 1. The predicted molar refractivity (Wildman–Crippen MR) is 122 cm³/mol. The van der Waals surface area contributed by atoms with Crippen molar-refractivity contribution in [3.05, 3.63) is 66.2 Å². The molecule has 0 aromatic heterocycles. The van der Waals surface area contributed by atoms with E-state index in [1.54, 1.807) is 18.2 Å². The summed E-state index contributed by atoms with van der Waals surface area (Å²) in [7, 11) is -2.98. The van der Waals surface area contributed by atoms with E-state index in [1.165, 1.54) is 12.1 Å². The zero-order valence-electron chi connectivity index (χ0n) is 18.5. The molecule has 0 saturated heterocycles. The van der Waals surface area contributed by atoms with Gasteiger partial charge in [0.25, 0.3) is 0 Å². The molecule has 7 nitrogen and oxygen atoms in total. The van der Waals surface area contributed by atoms with Gasteiger partial charge in [0.15, 0.2) is 15.1 Å². The van der Waals surface area contributed by atoms with E-state index >= 15 is 0 Å². The molecular formula is C24H31NO6S. The molecule has 0 saturated carbocycles. The average Bonchev–Trinajstić information content (AvgIpc) is 2.81. The minimum Gasteiger partial charge on any atom is -0.468 e. The van der Waals surface area contributed by atoms with Crippen LogP contribution in [0.4, 0.5) is 4.79 Å². The van der Waals surface area contributed by atoms with Crippen molar-refractivity contribution in [1.29, 1.82) is 0 Å². The molecule has 8 heteroatoms. The molecule has 2 rings (SSSR count). The van der Waals surface area contributed by atoms with E-state index in [-0.39, 0.29) is 11.5 Å². The monoisotopic (exact) mass is 461 g/mol. The van der Waals surface area contributed by atoms with Crippen LogP contribution in [-0.4, -0.2) is 38.9 Å². The summed E-state index contributed by atoms with van der Waals surface area (Å²) in [6, 6.07) is 15.8. The molecule has 2 aromatic carbocycles. The van der Waals surface area contributed by atoms with Crippen LogP contribution < -0.4 is 5.32 Å². The van der Waals surface area contributed by atoms with Crippen LogP contribution in [0.3, 0.4) is 0 Å². The number of benzene rings is 2. The summed E-state index contributed by atoms with van der Waals surface area (Å²) in [6.45, 7) is 2.09. The molecule has 1 N–H and O–H groups in total. The summed E-state index contributed by atoms with van der Waals surface area (Å²) in [5, 5.41) is 1.03. The van der Waals surface area contributed by atoms with Crippen LogP contribution in [0.1, 0.15) is 44.6 Å². The van der Waals surface area contributed by atoms with E-state index in [0.29, 0.717) is 12.8 Å². The average molecular weight is 462 g/mol. The summed E-state index contributed by atoms with van der Waals surface area (Å²) >= 11 is 0. The molecular weight excluding hydrogens is 430 g/mol. The number of alkyl carbamates (subject to hydrolysis) is 1. The lowest BCUT2D eigenvalue weighted by molar-refractivity contribution is -0.140. The van der Waals surface area contributed by atoms with Crippen molar-refractivity contribution in [2.75, 3.05) is 7.11 Å². The summed E-state index contributed by atoms with van der Waals surface area (Å²) in [5.74, 6) is -0.919. The molecule has 0 aliphatic carbocycles. The Labute approximate surface area is 190 Å². The SMILES string of the molecule is CCCCCC[C@H](NC(=O)OCc1ccccc1)C(C(=O)OC)S(=O)(=O)c1ccccc1. The number of amides is 1. The van der Waals surface area contributed by atoms with Gasteiger partial charge in [0.2, 0.25) is 0 Å². The van der Waals surface area contributed by atoms with Crippen molar-refractivity contribution in [3.63, 3.8) is 0 Å². The Morgan fingerprint density at radius 3 is 2.16 bits per heavy atom. The van der Waals surface area contributed by atoms with E-state index in [9.17, 15) is 18.0 Å². The van der Waals surface area contributed by atoms with Gasteiger partial charge < -0.3 is 14.8 Å². The van der Waals surface area contributed by atoms with Crippen molar-refractivity contribution in [2.24, 2.45) is 0 Å². The van der Waals surface area contributed by atoms with Crippen LogP contribution in [0.2, 0.25) is 0 Å². The molecule has 0 aliphatic rings. The highest BCUT2D eigenvalue weighted by molar-refractivity contribution is 7.92. The number of ether oxygens (including phenoxy) is 2. The second-order valence-electron chi connectivity index (χ2n) is 7.46. The fourth-order valence-electron chi connectivity index (χ4n) is 3.39. The lowest BCUT2D eigenvalue weighted by Crippen LogP contribution is -2.51. The quantitative estimate of drug-likeness (QED) is 0.374. The van der Waals surface area contributed by atoms with E-state index in [4.69, 9.17) is 9.47 Å². The third-order valence-corrected chi connectivity index (χ3v) is 7.21. The van der Waals surface area contributed by atoms with Crippen LogP contribution in [0.15, 0.2) is 65.6 Å². The minimum absolute atomic E-state index is 0.00610. The number of rotatable bonds is 12. The van der Waals surface area contributed by atoms with Crippen molar-refractivity contribution in [2.45, 2.75) is 61.8 Å². The van der Waals surface area contributed by atoms with Gasteiger partial charge >= 0.3 is 12.1 Å². The molecule has 174 valence electrons. The normalized spacial score (nSPS) is 13.1. The van der Waals surface area contributed by atoms with Gasteiger partial charge in [-0.25, -0.2) is 13.2 Å². The highest BCUT2D eigenvalue weighted by Gasteiger charge is 2.42. The molecule has 32 heavy (non-hydrogen) atoms. The first-order valence-electron chi connectivity index (χ1n) is 10.7. The predicted octanol–water partition coefficient (Wildman–Crippen LogP) is 4.27. The number of unbranched alkanes of at least 4 members (excludes halogenated alkanes) is 3. The molecule has 0 spiro atoms. The molecule has 0 radical (unpaired) electrons. The number of esters is 1. The van der Waals surface area contributed by atoms with Crippen LogP contribution >= 0.6 is 0 Å². The Morgan fingerprint density at radius 2 is 1.56 bits per heavy atom. The molecule has 0 fully saturated rings. The van der Waals surface area contributed by atoms with E-state index in [0.717, 1.165) is 31.9 Å². The maximum atomic E-state index is 13.3.